The topological polar surface area (TPSA) is 80.0 Å². The first-order chi connectivity index (χ1) is 11.6. The van der Waals surface area contributed by atoms with E-state index in [1.807, 2.05) is 38.1 Å². The molecule has 2 N–H and O–H groups in total. The molecule has 3 aromatic rings. The SMILES string of the molecule is Cc1cccc(CNC(=O)c2cc(Nc3cc(C)on3)ccn2)c1. The number of carbonyl (C=O) groups is 1. The van der Waals surface area contributed by atoms with Crippen molar-refractivity contribution in [2.45, 2.75) is 20.4 Å². The van der Waals surface area contributed by atoms with E-state index in [0.29, 0.717) is 23.8 Å². The van der Waals surface area contributed by atoms with Crippen LogP contribution < -0.4 is 10.6 Å². The Labute approximate surface area is 139 Å². The number of pyridine rings is 1. The van der Waals surface area contributed by atoms with Gasteiger partial charge in [0.05, 0.1) is 0 Å². The van der Waals surface area contributed by atoms with Crippen LogP contribution >= 0.6 is 0 Å². The van der Waals surface area contributed by atoms with Crippen LogP contribution in [0.4, 0.5) is 11.5 Å². The van der Waals surface area contributed by atoms with Crippen LogP contribution in [0.1, 0.15) is 27.4 Å². The molecule has 6 nitrogen and oxygen atoms in total. The Kier molecular flexibility index (Phi) is 4.56. The van der Waals surface area contributed by atoms with Gasteiger partial charge < -0.3 is 15.2 Å². The lowest BCUT2D eigenvalue weighted by molar-refractivity contribution is 0.0946. The summed E-state index contributed by atoms with van der Waals surface area (Å²) in [5.41, 5.74) is 3.27. The molecule has 0 aliphatic heterocycles. The third kappa shape index (κ3) is 3.98. The quantitative estimate of drug-likeness (QED) is 0.753. The van der Waals surface area contributed by atoms with Crippen molar-refractivity contribution in [2.24, 2.45) is 0 Å². The molecule has 0 radical (unpaired) electrons. The van der Waals surface area contributed by atoms with E-state index in [9.17, 15) is 4.79 Å². The summed E-state index contributed by atoms with van der Waals surface area (Å²) in [4.78, 5) is 16.4. The average Bonchev–Trinajstić information content (AvgIpc) is 2.98. The van der Waals surface area contributed by atoms with Crippen molar-refractivity contribution in [1.29, 1.82) is 0 Å². The minimum absolute atomic E-state index is 0.225. The molecule has 24 heavy (non-hydrogen) atoms. The number of aromatic nitrogens is 2. The van der Waals surface area contributed by atoms with Crippen LogP contribution in [-0.4, -0.2) is 16.0 Å². The van der Waals surface area contributed by atoms with Crippen molar-refractivity contribution < 1.29 is 9.32 Å². The summed E-state index contributed by atoms with van der Waals surface area (Å²) >= 11 is 0. The van der Waals surface area contributed by atoms with Crippen molar-refractivity contribution in [1.82, 2.24) is 15.5 Å². The van der Waals surface area contributed by atoms with Crippen LogP contribution in [0, 0.1) is 13.8 Å². The normalized spacial score (nSPS) is 10.4. The molecule has 0 bridgehead atoms. The second kappa shape index (κ2) is 6.95. The number of amides is 1. The molecule has 0 unspecified atom stereocenters. The molecule has 0 atom stereocenters. The van der Waals surface area contributed by atoms with Crippen molar-refractivity contribution in [3.8, 4) is 0 Å². The van der Waals surface area contributed by atoms with E-state index in [2.05, 4.69) is 20.8 Å². The Hall–Kier alpha value is -3.15. The van der Waals surface area contributed by atoms with E-state index in [-0.39, 0.29) is 5.91 Å². The maximum Gasteiger partial charge on any atom is 0.270 e. The lowest BCUT2D eigenvalue weighted by Gasteiger charge is -2.07. The molecule has 1 aromatic carbocycles. The Morgan fingerprint density at radius 2 is 2.04 bits per heavy atom. The van der Waals surface area contributed by atoms with Gasteiger partial charge >= 0.3 is 0 Å². The van der Waals surface area contributed by atoms with Gasteiger partial charge in [0.1, 0.15) is 11.5 Å². The Morgan fingerprint density at radius 1 is 1.17 bits per heavy atom. The number of benzene rings is 1. The van der Waals surface area contributed by atoms with Crippen molar-refractivity contribution in [3.63, 3.8) is 0 Å². The molecule has 2 aromatic heterocycles. The van der Waals surface area contributed by atoms with Crippen LogP contribution in [0.5, 0.6) is 0 Å². The van der Waals surface area contributed by atoms with Gasteiger partial charge in [-0.15, -0.1) is 0 Å². The van der Waals surface area contributed by atoms with Crippen LogP contribution in [-0.2, 0) is 6.54 Å². The minimum Gasteiger partial charge on any atom is -0.360 e. The van der Waals surface area contributed by atoms with Crippen molar-refractivity contribution >= 4 is 17.4 Å². The first-order valence-corrected chi connectivity index (χ1v) is 7.60. The highest BCUT2D eigenvalue weighted by atomic mass is 16.5. The van der Waals surface area contributed by atoms with E-state index >= 15 is 0 Å². The fourth-order valence-electron chi connectivity index (χ4n) is 2.30. The summed E-state index contributed by atoms with van der Waals surface area (Å²) in [7, 11) is 0. The third-order valence-electron chi connectivity index (χ3n) is 3.43. The van der Waals surface area contributed by atoms with Gasteiger partial charge in [-0.1, -0.05) is 35.0 Å². The smallest absolute Gasteiger partial charge is 0.270 e. The van der Waals surface area contributed by atoms with Crippen LogP contribution in [0.25, 0.3) is 0 Å². The zero-order valence-corrected chi connectivity index (χ0v) is 13.5. The van der Waals surface area contributed by atoms with Crippen LogP contribution in [0.2, 0.25) is 0 Å². The number of hydrogen-bond acceptors (Lipinski definition) is 5. The zero-order chi connectivity index (χ0) is 16.9. The van der Waals surface area contributed by atoms with E-state index in [0.717, 1.165) is 16.8 Å². The highest BCUT2D eigenvalue weighted by Gasteiger charge is 2.09. The molecule has 0 fully saturated rings. The zero-order valence-electron chi connectivity index (χ0n) is 13.5. The van der Waals surface area contributed by atoms with Gasteiger partial charge in [0.2, 0.25) is 0 Å². The van der Waals surface area contributed by atoms with E-state index in [1.165, 1.54) is 0 Å². The summed E-state index contributed by atoms with van der Waals surface area (Å²) in [5.74, 6) is 1.07. The van der Waals surface area contributed by atoms with Gasteiger partial charge in [0.15, 0.2) is 5.82 Å². The molecule has 2 heterocycles. The third-order valence-corrected chi connectivity index (χ3v) is 3.43. The number of nitrogens with zero attached hydrogens (tertiary/aromatic N) is 2. The fraction of sp³-hybridized carbons (Fsp3) is 0.167. The second-order valence-electron chi connectivity index (χ2n) is 5.55. The Balaban J connectivity index is 1.65. The molecular formula is C18H18N4O2. The van der Waals surface area contributed by atoms with Gasteiger partial charge in [0.25, 0.3) is 5.91 Å². The monoisotopic (exact) mass is 322 g/mol. The molecule has 0 spiro atoms. The molecule has 0 saturated heterocycles. The molecule has 0 aliphatic carbocycles. The predicted molar refractivity (Wildman–Crippen MR) is 91.1 cm³/mol. The molecule has 6 heteroatoms. The van der Waals surface area contributed by atoms with Gasteiger partial charge in [-0.05, 0) is 31.5 Å². The number of carbonyl (C=O) groups excluding carboxylic acids is 1. The minimum atomic E-state index is -0.225. The van der Waals surface area contributed by atoms with E-state index in [1.54, 1.807) is 24.4 Å². The molecular weight excluding hydrogens is 304 g/mol. The molecule has 0 saturated carbocycles. The maximum atomic E-state index is 12.3. The van der Waals surface area contributed by atoms with Crippen LogP contribution in [0.3, 0.4) is 0 Å². The molecule has 122 valence electrons. The number of rotatable bonds is 5. The lowest BCUT2D eigenvalue weighted by Crippen LogP contribution is -2.23. The Bertz CT molecular complexity index is 857. The second-order valence-corrected chi connectivity index (χ2v) is 5.55. The highest BCUT2D eigenvalue weighted by Crippen LogP contribution is 2.16. The fourth-order valence-corrected chi connectivity index (χ4v) is 2.30. The van der Waals surface area contributed by atoms with Gasteiger partial charge in [0, 0.05) is 24.5 Å². The average molecular weight is 322 g/mol. The summed E-state index contributed by atoms with van der Waals surface area (Å²) in [6.07, 6.45) is 1.58. The standard InChI is InChI=1S/C18H18N4O2/c1-12-4-3-5-14(8-12)11-20-18(23)16-10-15(6-7-19-16)21-17-9-13(2)24-22-17/h3-10H,11H2,1-2H3,(H,20,23)(H,19,21,22). The summed E-state index contributed by atoms with van der Waals surface area (Å²) < 4.78 is 5.00. The predicted octanol–water partition coefficient (Wildman–Crippen LogP) is 3.36. The molecule has 3 rings (SSSR count). The number of aryl methyl sites for hydroxylation is 2. The summed E-state index contributed by atoms with van der Waals surface area (Å²) in [6, 6.07) is 13.2. The molecule has 0 aliphatic rings. The largest absolute Gasteiger partial charge is 0.360 e. The first-order valence-electron chi connectivity index (χ1n) is 7.60. The number of hydrogen-bond donors (Lipinski definition) is 2. The highest BCUT2D eigenvalue weighted by molar-refractivity contribution is 5.93. The summed E-state index contributed by atoms with van der Waals surface area (Å²) in [5, 5.41) is 9.81. The van der Waals surface area contributed by atoms with Crippen LogP contribution in [0.15, 0.2) is 53.2 Å². The van der Waals surface area contributed by atoms with Gasteiger partial charge in [-0.25, -0.2) is 0 Å². The number of nitrogens with one attached hydrogen (secondary N) is 2. The number of anilines is 2. The van der Waals surface area contributed by atoms with Crippen molar-refractivity contribution in [3.05, 3.63) is 71.2 Å². The van der Waals surface area contributed by atoms with Crippen molar-refractivity contribution in [2.75, 3.05) is 5.32 Å². The first kappa shape index (κ1) is 15.7. The van der Waals surface area contributed by atoms with E-state index in [4.69, 9.17) is 4.52 Å². The maximum absolute atomic E-state index is 12.3. The lowest BCUT2D eigenvalue weighted by atomic mass is 10.1. The van der Waals surface area contributed by atoms with Gasteiger partial charge in [-0.3, -0.25) is 9.78 Å². The summed E-state index contributed by atoms with van der Waals surface area (Å²) in [6.45, 7) is 4.30. The molecule has 1 amide bonds. The van der Waals surface area contributed by atoms with Gasteiger partial charge in [-0.2, -0.15) is 0 Å². The Morgan fingerprint density at radius 3 is 2.79 bits per heavy atom. The van der Waals surface area contributed by atoms with E-state index < -0.39 is 0 Å².